The van der Waals surface area contributed by atoms with Crippen molar-refractivity contribution in [1.29, 1.82) is 0 Å². The second-order valence-electron chi connectivity index (χ2n) is 4.11. The second kappa shape index (κ2) is 2.21. The Hall–Kier alpha value is -0.0800. The zero-order valence-corrected chi connectivity index (χ0v) is 7.11. The van der Waals surface area contributed by atoms with Gasteiger partial charge in [-0.25, -0.2) is 0 Å². The summed E-state index contributed by atoms with van der Waals surface area (Å²) in [6, 6.07) is 0. The largest absolute Gasteiger partial charge is 0.377 e. The smallest absolute Gasteiger partial charge is 0.0810 e. The van der Waals surface area contributed by atoms with Crippen LogP contribution < -0.4 is 5.73 Å². The molecule has 2 N–H and O–H groups in total. The molecule has 0 unspecified atom stereocenters. The van der Waals surface area contributed by atoms with Gasteiger partial charge < -0.3 is 10.5 Å². The molecule has 1 aliphatic carbocycles. The molecule has 2 heteroatoms. The Morgan fingerprint density at radius 1 is 1.40 bits per heavy atom. The van der Waals surface area contributed by atoms with Crippen LogP contribution >= 0.6 is 0 Å². The summed E-state index contributed by atoms with van der Waals surface area (Å²) >= 11 is 0. The van der Waals surface area contributed by atoms with Gasteiger partial charge in [0.1, 0.15) is 0 Å². The van der Waals surface area contributed by atoms with E-state index < -0.39 is 0 Å². The SMILES string of the molecule is COC1(CN)CC(C)(C)C1. The van der Waals surface area contributed by atoms with Crippen molar-refractivity contribution in [3.63, 3.8) is 0 Å². The average Bonchev–Trinajstić information content (AvgIpc) is 1.82. The van der Waals surface area contributed by atoms with Crippen LogP contribution in [0.25, 0.3) is 0 Å². The minimum absolute atomic E-state index is 0.0174. The summed E-state index contributed by atoms with van der Waals surface area (Å²) in [7, 11) is 1.75. The Kier molecular flexibility index (Phi) is 1.77. The van der Waals surface area contributed by atoms with Crippen molar-refractivity contribution in [1.82, 2.24) is 0 Å². The lowest BCUT2D eigenvalue weighted by molar-refractivity contribution is -0.131. The van der Waals surface area contributed by atoms with Gasteiger partial charge in [0.05, 0.1) is 5.60 Å². The average molecular weight is 143 g/mol. The van der Waals surface area contributed by atoms with Gasteiger partial charge in [-0.3, -0.25) is 0 Å². The van der Waals surface area contributed by atoms with Crippen molar-refractivity contribution >= 4 is 0 Å². The molecule has 2 nitrogen and oxygen atoms in total. The topological polar surface area (TPSA) is 35.2 Å². The lowest BCUT2D eigenvalue weighted by Gasteiger charge is -2.51. The van der Waals surface area contributed by atoms with Gasteiger partial charge >= 0.3 is 0 Å². The van der Waals surface area contributed by atoms with E-state index in [2.05, 4.69) is 13.8 Å². The molecular weight excluding hydrogens is 126 g/mol. The maximum Gasteiger partial charge on any atom is 0.0810 e. The van der Waals surface area contributed by atoms with E-state index in [1.807, 2.05) is 0 Å². The zero-order chi connectivity index (χ0) is 7.83. The molecule has 0 radical (unpaired) electrons. The van der Waals surface area contributed by atoms with Crippen LogP contribution in [0, 0.1) is 5.41 Å². The first kappa shape index (κ1) is 8.02. The fraction of sp³-hybridized carbons (Fsp3) is 1.00. The van der Waals surface area contributed by atoms with Gasteiger partial charge in [0.2, 0.25) is 0 Å². The fourth-order valence-electron chi connectivity index (χ4n) is 2.06. The second-order valence-corrected chi connectivity index (χ2v) is 4.11. The highest BCUT2D eigenvalue weighted by Gasteiger charge is 2.48. The first-order valence-corrected chi connectivity index (χ1v) is 3.79. The summed E-state index contributed by atoms with van der Waals surface area (Å²) in [4.78, 5) is 0. The molecule has 0 atom stereocenters. The molecule has 0 bridgehead atoms. The highest BCUT2D eigenvalue weighted by atomic mass is 16.5. The maximum atomic E-state index is 5.58. The van der Waals surface area contributed by atoms with Crippen molar-refractivity contribution in [2.45, 2.75) is 32.3 Å². The highest BCUT2D eigenvalue weighted by Crippen LogP contribution is 2.48. The molecule has 0 aromatic heterocycles. The predicted octanol–water partition coefficient (Wildman–Crippen LogP) is 1.15. The third kappa shape index (κ3) is 1.18. The van der Waals surface area contributed by atoms with Crippen LogP contribution in [0.4, 0.5) is 0 Å². The van der Waals surface area contributed by atoms with Gasteiger partial charge in [0.25, 0.3) is 0 Å². The summed E-state index contributed by atoms with van der Waals surface area (Å²) in [6.45, 7) is 5.16. The van der Waals surface area contributed by atoms with Gasteiger partial charge in [-0.05, 0) is 18.3 Å². The van der Waals surface area contributed by atoms with Crippen LogP contribution in [0.15, 0.2) is 0 Å². The first-order valence-electron chi connectivity index (χ1n) is 3.79. The van der Waals surface area contributed by atoms with Gasteiger partial charge in [0, 0.05) is 13.7 Å². The molecule has 0 saturated heterocycles. The monoisotopic (exact) mass is 143 g/mol. The van der Waals surface area contributed by atoms with Gasteiger partial charge in [-0.2, -0.15) is 0 Å². The van der Waals surface area contributed by atoms with Crippen molar-refractivity contribution in [3.05, 3.63) is 0 Å². The quantitative estimate of drug-likeness (QED) is 0.629. The Balaban J connectivity index is 2.46. The van der Waals surface area contributed by atoms with Gasteiger partial charge in [0.15, 0.2) is 0 Å². The number of rotatable bonds is 2. The summed E-state index contributed by atoms with van der Waals surface area (Å²) in [5, 5.41) is 0. The Labute approximate surface area is 62.7 Å². The number of hydrogen-bond donors (Lipinski definition) is 1. The third-order valence-electron chi connectivity index (χ3n) is 2.41. The lowest BCUT2D eigenvalue weighted by atomic mass is 9.61. The fourth-order valence-corrected chi connectivity index (χ4v) is 2.06. The van der Waals surface area contributed by atoms with E-state index in [1.165, 1.54) is 0 Å². The summed E-state index contributed by atoms with van der Waals surface area (Å²) in [6.07, 6.45) is 2.21. The van der Waals surface area contributed by atoms with E-state index in [0.29, 0.717) is 12.0 Å². The van der Waals surface area contributed by atoms with Crippen LogP contribution in [0.2, 0.25) is 0 Å². The molecule has 0 amide bonds. The minimum Gasteiger partial charge on any atom is -0.377 e. The van der Waals surface area contributed by atoms with E-state index in [9.17, 15) is 0 Å². The van der Waals surface area contributed by atoms with E-state index in [1.54, 1.807) is 7.11 Å². The van der Waals surface area contributed by atoms with Crippen LogP contribution in [-0.4, -0.2) is 19.3 Å². The Morgan fingerprint density at radius 3 is 2.00 bits per heavy atom. The third-order valence-corrected chi connectivity index (χ3v) is 2.41. The molecule has 0 aliphatic heterocycles. The molecule has 1 aliphatic rings. The highest BCUT2D eigenvalue weighted by molar-refractivity contribution is 5.01. The standard InChI is InChI=1S/C8H17NO/c1-7(2)4-8(5-7,6-9)10-3/h4-6,9H2,1-3H3. The van der Waals surface area contributed by atoms with Crippen LogP contribution in [0.5, 0.6) is 0 Å². The van der Waals surface area contributed by atoms with Crippen molar-refractivity contribution in [3.8, 4) is 0 Å². The molecule has 0 spiro atoms. The van der Waals surface area contributed by atoms with E-state index in [0.717, 1.165) is 12.8 Å². The molecule has 1 fully saturated rings. The van der Waals surface area contributed by atoms with E-state index in [4.69, 9.17) is 10.5 Å². The maximum absolute atomic E-state index is 5.58. The minimum atomic E-state index is 0.0174. The molecule has 60 valence electrons. The van der Waals surface area contributed by atoms with E-state index in [-0.39, 0.29) is 5.60 Å². The number of ether oxygens (including phenoxy) is 1. The molecule has 0 aromatic rings. The lowest BCUT2D eigenvalue weighted by Crippen LogP contribution is -2.55. The summed E-state index contributed by atoms with van der Waals surface area (Å²) < 4.78 is 5.33. The Bertz CT molecular complexity index is 117. The molecular formula is C8H17NO. The normalized spacial score (nSPS) is 27.6. The van der Waals surface area contributed by atoms with Crippen LogP contribution in [0.3, 0.4) is 0 Å². The predicted molar refractivity (Wildman–Crippen MR) is 41.8 cm³/mol. The number of nitrogens with two attached hydrogens (primary N) is 1. The Morgan fingerprint density at radius 2 is 1.90 bits per heavy atom. The number of methoxy groups -OCH3 is 1. The van der Waals surface area contributed by atoms with Crippen LogP contribution in [-0.2, 0) is 4.74 Å². The molecule has 1 saturated carbocycles. The molecule has 0 aromatic carbocycles. The molecule has 0 heterocycles. The summed E-state index contributed by atoms with van der Waals surface area (Å²) in [5.41, 5.74) is 6.05. The van der Waals surface area contributed by atoms with Crippen LogP contribution in [0.1, 0.15) is 26.7 Å². The van der Waals surface area contributed by atoms with E-state index >= 15 is 0 Å². The molecule has 1 rings (SSSR count). The van der Waals surface area contributed by atoms with Gasteiger partial charge in [-0.1, -0.05) is 13.8 Å². The van der Waals surface area contributed by atoms with Gasteiger partial charge in [-0.15, -0.1) is 0 Å². The molecule has 10 heavy (non-hydrogen) atoms. The van der Waals surface area contributed by atoms with Crippen molar-refractivity contribution < 1.29 is 4.74 Å². The summed E-state index contributed by atoms with van der Waals surface area (Å²) in [5.74, 6) is 0. The number of hydrogen-bond acceptors (Lipinski definition) is 2. The van der Waals surface area contributed by atoms with Crippen molar-refractivity contribution in [2.24, 2.45) is 11.1 Å². The zero-order valence-electron chi connectivity index (χ0n) is 7.11. The first-order chi connectivity index (χ1) is 4.54. The van der Waals surface area contributed by atoms with Crippen molar-refractivity contribution in [2.75, 3.05) is 13.7 Å².